The van der Waals surface area contributed by atoms with Crippen LogP contribution in [0.4, 0.5) is 5.69 Å². The molecule has 0 radical (unpaired) electrons. The lowest BCUT2D eigenvalue weighted by Crippen LogP contribution is -2.08. The number of nitrogens with zero attached hydrogens (tertiary/aromatic N) is 3. The van der Waals surface area contributed by atoms with Crippen LogP contribution >= 0.6 is 0 Å². The molecule has 2 atom stereocenters. The zero-order valence-corrected chi connectivity index (χ0v) is 17.7. The Bertz CT molecular complexity index is 1040. The van der Waals surface area contributed by atoms with E-state index in [1.54, 1.807) is 0 Å². The van der Waals surface area contributed by atoms with E-state index >= 15 is 0 Å². The summed E-state index contributed by atoms with van der Waals surface area (Å²) in [6.07, 6.45) is 6.50. The minimum Gasteiger partial charge on any atom is -0.343 e. The number of nitroso groups, excluding NO2 is 1. The predicted octanol–water partition coefficient (Wildman–Crippen LogP) is 6.48. The Balaban J connectivity index is 1.70. The second kappa shape index (κ2) is 7.69. The molecule has 1 aliphatic heterocycles. The Kier molecular flexibility index (Phi) is 5.24. The van der Waals surface area contributed by atoms with Gasteiger partial charge in [0.1, 0.15) is 5.69 Å². The summed E-state index contributed by atoms with van der Waals surface area (Å²) < 4.78 is 2.08. The molecule has 0 N–H and O–H groups in total. The van der Waals surface area contributed by atoms with E-state index in [1.807, 2.05) is 25.3 Å². The van der Waals surface area contributed by atoms with Crippen LogP contribution in [0.1, 0.15) is 71.4 Å². The van der Waals surface area contributed by atoms with Gasteiger partial charge in [0.2, 0.25) is 0 Å². The SMILES string of the molecule is CCC1CC1C(=O)C1=C(C)N=C(c2ccc3c(c2)c(N=O)cn3C(C)C)CCC1. The van der Waals surface area contributed by atoms with Crippen molar-refractivity contribution in [2.75, 3.05) is 0 Å². The Labute approximate surface area is 171 Å². The van der Waals surface area contributed by atoms with Crippen LogP contribution in [0, 0.1) is 16.7 Å². The molecule has 29 heavy (non-hydrogen) atoms. The monoisotopic (exact) mass is 391 g/mol. The van der Waals surface area contributed by atoms with Gasteiger partial charge in [-0.05, 0) is 75.2 Å². The number of ketones is 1. The largest absolute Gasteiger partial charge is 0.343 e. The lowest BCUT2D eigenvalue weighted by Gasteiger charge is -2.10. The molecule has 2 unspecified atom stereocenters. The zero-order valence-electron chi connectivity index (χ0n) is 17.7. The first kappa shape index (κ1) is 19.7. The van der Waals surface area contributed by atoms with Crippen LogP contribution in [-0.2, 0) is 4.79 Å². The molecule has 5 heteroatoms. The third-order valence-corrected chi connectivity index (χ3v) is 6.46. The van der Waals surface area contributed by atoms with Crippen molar-refractivity contribution in [3.8, 4) is 0 Å². The van der Waals surface area contributed by atoms with Crippen molar-refractivity contribution < 1.29 is 4.79 Å². The van der Waals surface area contributed by atoms with Gasteiger partial charge in [-0.25, -0.2) is 0 Å². The van der Waals surface area contributed by atoms with E-state index in [2.05, 4.69) is 36.6 Å². The summed E-state index contributed by atoms with van der Waals surface area (Å²) in [6, 6.07) is 6.40. The lowest BCUT2D eigenvalue weighted by molar-refractivity contribution is -0.117. The normalized spacial score (nSPS) is 22.0. The molecule has 0 saturated heterocycles. The van der Waals surface area contributed by atoms with Gasteiger partial charge in [-0.3, -0.25) is 9.79 Å². The van der Waals surface area contributed by atoms with E-state index in [0.717, 1.165) is 65.6 Å². The Hall–Kier alpha value is -2.56. The van der Waals surface area contributed by atoms with Crippen molar-refractivity contribution in [1.29, 1.82) is 0 Å². The minimum absolute atomic E-state index is 0.218. The van der Waals surface area contributed by atoms with Gasteiger partial charge in [-0.15, -0.1) is 4.91 Å². The van der Waals surface area contributed by atoms with Crippen LogP contribution in [0.5, 0.6) is 0 Å². The number of carbonyl (C=O) groups is 1. The van der Waals surface area contributed by atoms with E-state index in [1.165, 1.54) is 0 Å². The molecule has 1 aromatic heterocycles. The van der Waals surface area contributed by atoms with Gasteiger partial charge in [0.05, 0.1) is 5.52 Å². The van der Waals surface area contributed by atoms with Gasteiger partial charge in [0.15, 0.2) is 5.78 Å². The van der Waals surface area contributed by atoms with Crippen LogP contribution in [0.3, 0.4) is 0 Å². The summed E-state index contributed by atoms with van der Waals surface area (Å²) in [6.45, 7) is 8.31. The molecule has 1 fully saturated rings. The topological polar surface area (TPSA) is 63.8 Å². The summed E-state index contributed by atoms with van der Waals surface area (Å²) in [5.74, 6) is 1.10. The summed E-state index contributed by atoms with van der Waals surface area (Å²) in [5.41, 5.74) is 5.25. The number of benzene rings is 1. The molecule has 152 valence electrons. The molecule has 2 aliphatic rings. The molecule has 5 nitrogen and oxygen atoms in total. The summed E-state index contributed by atoms with van der Waals surface area (Å²) in [5, 5.41) is 4.09. The summed E-state index contributed by atoms with van der Waals surface area (Å²) >= 11 is 0. The highest BCUT2D eigenvalue weighted by atomic mass is 16.3. The smallest absolute Gasteiger partial charge is 0.164 e. The molecular weight excluding hydrogens is 362 g/mol. The lowest BCUT2D eigenvalue weighted by atomic mass is 9.98. The number of allylic oxidation sites excluding steroid dienone is 2. The molecule has 1 aliphatic carbocycles. The molecule has 2 heterocycles. The average Bonchev–Trinajstić information content (AvgIpc) is 3.45. The number of hydrogen-bond acceptors (Lipinski definition) is 4. The number of aliphatic imine (C=N–C) groups is 1. The number of fused-ring (bicyclic) bond motifs is 1. The van der Waals surface area contributed by atoms with Crippen LogP contribution in [0.15, 0.2) is 45.8 Å². The van der Waals surface area contributed by atoms with Crippen molar-refractivity contribution >= 4 is 28.1 Å². The Morgan fingerprint density at radius 3 is 2.76 bits per heavy atom. The van der Waals surface area contributed by atoms with E-state index in [4.69, 9.17) is 4.99 Å². The quantitative estimate of drug-likeness (QED) is 0.529. The molecule has 0 bridgehead atoms. The number of rotatable bonds is 6. The minimum atomic E-state index is 0.218. The number of hydrogen-bond donors (Lipinski definition) is 0. The Morgan fingerprint density at radius 2 is 2.10 bits per heavy atom. The highest BCUT2D eigenvalue weighted by Gasteiger charge is 2.42. The fourth-order valence-corrected chi connectivity index (χ4v) is 4.61. The van der Waals surface area contributed by atoms with Gasteiger partial charge in [-0.2, -0.15) is 0 Å². The van der Waals surface area contributed by atoms with E-state index in [9.17, 15) is 9.70 Å². The van der Waals surface area contributed by atoms with Crippen LogP contribution < -0.4 is 0 Å². The molecule has 0 amide bonds. The number of Topliss-reactive ketones (excluding diaryl/α,β-unsaturated/α-hetero) is 1. The summed E-state index contributed by atoms with van der Waals surface area (Å²) in [7, 11) is 0. The highest BCUT2D eigenvalue weighted by Crippen LogP contribution is 2.44. The van der Waals surface area contributed by atoms with E-state index in [-0.39, 0.29) is 12.0 Å². The van der Waals surface area contributed by atoms with Crippen LogP contribution in [0.2, 0.25) is 0 Å². The maximum Gasteiger partial charge on any atom is 0.164 e. The second-order valence-electron chi connectivity index (χ2n) is 8.69. The first-order chi connectivity index (χ1) is 13.9. The third kappa shape index (κ3) is 3.59. The van der Waals surface area contributed by atoms with Gasteiger partial charge in [-0.1, -0.05) is 19.4 Å². The van der Waals surface area contributed by atoms with Crippen molar-refractivity contribution in [3.05, 3.63) is 46.1 Å². The Morgan fingerprint density at radius 1 is 1.31 bits per heavy atom. The van der Waals surface area contributed by atoms with Gasteiger partial charge < -0.3 is 4.57 Å². The maximum atomic E-state index is 12.9. The molecule has 0 spiro atoms. The predicted molar refractivity (Wildman–Crippen MR) is 118 cm³/mol. The molecule has 1 saturated carbocycles. The summed E-state index contributed by atoms with van der Waals surface area (Å²) in [4.78, 5) is 29.1. The first-order valence-corrected chi connectivity index (χ1v) is 10.7. The van der Waals surface area contributed by atoms with E-state index < -0.39 is 0 Å². The van der Waals surface area contributed by atoms with Crippen molar-refractivity contribution in [2.45, 2.75) is 65.8 Å². The van der Waals surface area contributed by atoms with Crippen molar-refractivity contribution in [1.82, 2.24) is 4.57 Å². The van der Waals surface area contributed by atoms with E-state index in [0.29, 0.717) is 17.4 Å². The fourth-order valence-electron chi connectivity index (χ4n) is 4.61. The van der Waals surface area contributed by atoms with Crippen LogP contribution in [0.25, 0.3) is 10.9 Å². The molecule has 4 rings (SSSR count). The molecule has 2 aromatic rings. The fraction of sp³-hybridized carbons (Fsp3) is 0.500. The molecular formula is C24H29N3O2. The highest BCUT2D eigenvalue weighted by molar-refractivity contribution is 6.07. The second-order valence-corrected chi connectivity index (χ2v) is 8.69. The van der Waals surface area contributed by atoms with Gasteiger partial charge in [0.25, 0.3) is 0 Å². The number of aromatic nitrogens is 1. The standard InChI is InChI=1S/C24H29N3O2/c1-5-16-11-19(16)24(28)18-7-6-8-21(25-15(18)4)17-9-10-23-20(12-17)22(26-29)13-27(23)14(2)3/h9-10,12-14,16,19H,5-8,11H2,1-4H3. The van der Waals surface area contributed by atoms with Gasteiger partial charge in [0, 0.05) is 40.5 Å². The third-order valence-electron chi connectivity index (χ3n) is 6.46. The first-order valence-electron chi connectivity index (χ1n) is 10.7. The number of carbonyl (C=O) groups excluding carboxylic acids is 1. The van der Waals surface area contributed by atoms with Gasteiger partial charge >= 0.3 is 0 Å². The van der Waals surface area contributed by atoms with Crippen molar-refractivity contribution in [3.63, 3.8) is 0 Å². The molecule has 1 aromatic carbocycles. The maximum absolute atomic E-state index is 12.9. The van der Waals surface area contributed by atoms with Crippen LogP contribution in [-0.4, -0.2) is 16.1 Å². The van der Waals surface area contributed by atoms with Crippen molar-refractivity contribution in [2.24, 2.45) is 22.0 Å². The zero-order chi connectivity index (χ0) is 20.7. The average molecular weight is 392 g/mol.